The van der Waals surface area contributed by atoms with Crippen LogP contribution in [0.4, 0.5) is 0 Å². The molecule has 3 heterocycles. The summed E-state index contributed by atoms with van der Waals surface area (Å²) in [5, 5.41) is 0. The van der Waals surface area contributed by atoms with Crippen molar-refractivity contribution >= 4 is 21.8 Å². The van der Waals surface area contributed by atoms with Crippen LogP contribution in [0.1, 0.15) is 43.0 Å². The number of carbonyl (C=O) groups is 2. The highest BCUT2D eigenvalue weighted by Gasteiger charge is 2.32. The van der Waals surface area contributed by atoms with Crippen molar-refractivity contribution in [2.45, 2.75) is 43.5 Å². The molecule has 4 rings (SSSR count). The van der Waals surface area contributed by atoms with E-state index in [0.29, 0.717) is 18.7 Å². The summed E-state index contributed by atoms with van der Waals surface area (Å²) >= 11 is 0. The molecule has 31 heavy (non-hydrogen) atoms. The van der Waals surface area contributed by atoms with E-state index >= 15 is 0 Å². The van der Waals surface area contributed by atoms with Crippen LogP contribution in [-0.2, 0) is 14.8 Å². The molecule has 1 aromatic carbocycles. The van der Waals surface area contributed by atoms with Crippen LogP contribution >= 0.6 is 0 Å². The molecule has 3 aliphatic heterocycles. The van der Waals surface area contributed by atoms with Gasteiger partial charge in [0.05, 0.1) is 4.90 Å². The highest BCUT2D eigenvalue weighted by Crippen LogP contribution is 2.24. The quantitative estimate of drug-likeness (QED) is 0.677. The van der Waals surface area contributed by atoms with E-state index in [4.69, 9.17) is 0 Å². The lowest BCUT2D eigenvalue weighted by atomic mass is 10.1. The largest absolute Gasteiger partial charge is 0.340 e. The average Bonchev–Trinajstić information content (AvgIpc) is 3.46. The second-order valence-corrected chi connectivity index (χ2v) is 10.7. The van der Waals surface area contributed by atoms with Crippen LogP contribution in [0.2, 0.25) is 0 Å². The van der Waals surface area contributed by atoms with E-state index < -0.39 is 10.0 Å². The molecule has 8 nitrogen and oxygen atoms in total. The molecule has 0 radical (unpaired) electrons. The van der Waals surface area contributed by atoms with Gasteiger partial charge in [0.15, 0.2) is 0 Å². The fraction of sp³-hybridized carbons (Fsp3) is 0.636. The predicted octanol–water partition coefficient (Wildman–Crippen LogP) is 1.24. The van der Waals surface area contributed by atoms with Crippen molar-refractivity contribution < 1.29 is 18.0 Å². The number of sulfonamides is 1. The smallest absolute Gasteiger partial charge is 0.254 e. The van der Waals surface area contributed by atoms with Gasteiger partial charge >= 0.3 is 0 Å². The molecule has 3 saturated heterocycles. The molecule has 9 heteroatoms. The Kier molecular flexibility index (Phi) is 6.64. The first kappa shape index (κ1) is 22.2. The lowest BCUT2D eigenvalue weighted by Gasteiger charge is -2.33. The molecular formula is C22H32N4O4S. The molecule has 1 aromatic rings. The number of piperazine rings is 1. The van der Waals surface area contributed by atoms with Crippen LogP contribution in [-0.4, -0.2) is 97.6 Å². The van der Waals surface area contributed by atoms with Gasteiger partial charge in [0, 0.05) is 57.8 Å². The van der Waals surface area contributed by atoms with Gasteiger partial charge in [-0.1, -0.05) is 0 Å². The Labute approximate surface area is 184 Å². The van der Waals surface area contributed by atoms with Crippen LogP contribution in [0.5, 0.6) is 0 Å². The van der Waals surface area contributed by atoms with Gasteiger partial charge < -0.3 is 14.7 Å². The third-order valence-corrected chi connectivity index (χ3v) is 8.64. The molecule has 3 aliphatic rings. The third-order valence-electron chi connectivity index (χ3n) is 6.73. The Bertz CT molecular complexity index is 904. The van der Waals surface area contributed by atoms with Crippen molar-refractivity contribution in [2.75, 3.05) is 52.4 Å². The maximum absolute atomic E-state index is 13.1. The lowest BCUT2D eigenvalue weighted by Crippen LogP contribution is -2.49. The van der Waals surface area contributed by atoms with Gasteiger partial charge in [0.1, 0.15) is 0 Å². The third kappa shape index (κ3) is 4.78. The summed E-state index contributed by atoms with van der Waals surface area (Å²) in [6.45, 7) is 6.80. The molecule has 0 aliphatic carbocycles. The van der Waals surface area contributed by atoms with E-state index in [1.807, 2.05) is 4.90 Å². The zero-order valence-electron chi connectivity index (χ0n) is 18.2. The summed E-state index contributed by atoms with van der Waals surface area (Å²) in [6.07, 6.45) is 4.52. The highest BCUT2D eigenvalue weighted by atomic mass is 32.2. The molecule has 0 saturated carbocycles. The van der Waals surface area contributed by atoms with E-state index in [1.165, 1.54) is 36.2 Å². The minimum Gasteiger partial charge on any atom is -0.340 e. The number of rotatable bonds is 5. The molecule has 1 unspecified atom stereocenters. The van der Waals surface area contributed by atoms with Crippen molar-refractivity contribution in [3.63, 3.8) is 0 Å². The molecule has 0 aromatic heterocycles. The van der Waals surface area contributed by atoms with Gasteiger partial charge in [0.25, 0.3) is 5.91 Å². The molecule has 0 bridgehead atoms. The van der Waals surface area contributed by atoms with Crippen molar-refractivity contribution in [1.82, 2.24) is 19.0 Å². The molecular weight excluding hydrogens is 416 g/mol. The van der Waals surface area contributed by atoms with E-state index in [9.17, 15) is 18.0 Å². The Hall–Kier alpha value is -1.97. The van der Waals surface area contributed by atoms with Crippen LogP contribution < -0.4 is 0 Å². The van der Waals surface area contributed by atoms with E-state index in [-0.39, 0.29) is 35.8 Å². The molecule has 0 spiro atoms. The molecule has 0 N–H and O–H groups in total. The van der Waals surface area contributed by atoms with Crippen LogP contribution in [0.3, 0.4) is 0 Å². The minimum atomic E-state index is -3.64. The lowest BCUT2D eigenvalue weighted by molar-refractivity contribution is -0.129. The van der Waals surface area contributed by atoms with Crippen molar-refractivity contribution in [1.29, 1.82) is 0 Å². The zero-order valence-corrected chi connectivity index (χ0v) is 19.0. The number of hydrogen-bond acceptors (Lipinski definition) is 5. The molecule has 1 atom stereocenters. The SMILES string of the molecule is CC(=O)N1CCN(S(=O)(=O)c2ccc(C(=O)N3CCCC3CN3CCCC3)cc2)CC1. The maximum atomic E-state index is 13.1. The van der Waals surface area contributed by atoms with Crippen molar-refractivity contribution in [2.24, 2.45) is 0 Å². The first-order chi connectivity index (χ1) is 14.9. The predicted molar refractivity (Wildman–Crippen MR) is 117 cm³/mol. The summed E-state index contributed by atoms with van der Waals surface area (Å²) in [5.74, 6) is -0.0504. The highest BCUT2D eigenvalue weighted by molar-refractivity contribution is 7.89. The first-order valence-electron chi connectivity index (χ1n) is 11.3. The van der Waals surface area contributed by atoms with Gasteiger partial charge in [-0.25, -0.2) is 8.42 Å². The van der Waals surface area contributed by atoms with Crippen LogP contribution in [0.15, 0.2) is 29.2 Å². The van der Waals surface area contributed by atoms with E-state index in [2.05, 4.69) is 4.90 Å². The van der Waals surface area contributed by atoms with Gasteiger partial charge in [-0.05, 0) is 63.0 Å². The normalized spacial score (nSPS) is 23.5. The van der Waals surface area contributed by atoms with Crippen LogP contribution in [0, 0.1) is 0 Å². The number of amides is 2. The van der Waals surface area contributed by atoms with Gasteiger partial charge in [-0.15, -0.1) is 0 Å². The number of hydrogen-bond donors (Lipinski definition) is 0. The molecule has 2 amide bonds. The second kappa shape index (κ2) is 9.26. The first-order valence-corrected chi connectivity index (χ1v) is 12.7. The fourth-order valence-electron chi connectivity index (χ4n) is 4.88. The van der Waals surface area contributed by atoms with Gasteiger partial charge in [-0.2, -0.15) is 4.31 Å². The van der Waals surface area contributed by atoms with E-state index in [0.717, 1.165) is 39.0 Å². The number of nitrogens with zero attached hydrogens (tertiary/aromatic N) is 4. The molecule has 3 fully saturated rings. The van der Waals surface area contributed by atoms with Gasteiger partial charge in [0.2, 0.25) is 15.9 Å². The Morgan fingerprint density at radius 2 is 1.55 bits per heavy atom. The minimum absolute atomic E-state index is 0.0132. The van der Waals surface area contributed by atoms with Crippen LogP contribution in [0.25, 0.3) is 0 Å². The summed E-state index contributed by atoms with van der Waals surface area (Å²) in [5.41, 5.74) is 0.536. The Morgan fingerprint density at radius 3 is 2.16 bits per heavy atom. The topological polar surface area (TPSA) is 81.2 Å². The standard InChI is InChI=1S/C22H32N4O4S/c1-18(27)24-13-15-25(16-14-24)31(29,30)21-8-6-19(7-9-21)22(28)26-12-4-5-20(26)17-23-10-2-3-11-23/h6-9,20H,2-5,10-17H2,1H3. The summed E-state index contributed by atoms with van der Waals surface area (Å²) < 4.78 is 27.3. The average molecular weight is 449 g/mol. The van der Waals surface area contributed by atoms with Crippen molar-refractivity contribution in [3.8, 4) is 0 Å². The Morgan fingerprint density at radius 1 is 0.903 bits per heavy atom. The summed E-state index contributed by atoms with van der Waals surface area (Å²) in [6, 6.07) is 6.57. The zero-order chi connectivity index (χ0) is 22.0. The maximum Gasteiger partial charge on any atom is 0.254 e. The Balaban J connectivity index is 1.41. The summed E-state index contributed by atoms with van der Waals surface area (Å²) in [4.78, 5) is 30.8. The van der Waals surface area contributed by atoms with Crippen molar-refractivity contribution in [3.05, 3.63) is 29.8 Å². The fourth-order valence-corrected chi connectivity index (χ4v) is 6.31. The number of benzene rings is 1. The summed E-state index contributed by atoms with van der Waals surface area (Å²) in [7, 11) is -3.64. The van der Waals surface area contributed by atoms with Gasteiger partial charge in [-0.3, -0.25) is 9.59 Å². The second-order valence-electron chi connectivity index (χ2n) is 8.74. The van der Waals surface area contributed by atoms with E-state index in [1.54, 1.807) is 17.0 Å². The monoisotopic (exact) mass is 448 g/mol. The number of likely N-dealkylation sites (tertiary alicyclic amines) is 2. The molecule has 170 valence electrons. The number of carbonyl (C=O) groups excluding carboxylic acids is 2.